The average Bonchev–Trinajstić information content (AvgIpc) is 2.89. The van der Waals surface area contributed by atoms with E-state index in [1.54, 1.807) is 0 Å². The lowest BCUT2D eigenvalue weighted by atomic mass is 10.0. The lowest BCUT2D eigenvalue weighted by Gasteiger charge is -2.12. The van der Waals surface area contributed by atoms with E-state index < -0.39 is 0 Å². The van der Waals surface area contributed by atoms with Crippen LogP contribution in [0, 0.1) is 0 Å². The van der Waals surface area contributed by atoms with Crippen LogP contribution in [0.15, 0.2) is 48.5 Å². The number of halogens is 2. The van der Waals surface area contributed by atoms with E-state index in [-0.39, 0.29) is 5.92 Å². The first-order valence-electron chi connectivity index (χ1n) is 6.97. The van der Waals surface area contributed by atoms with Gasteiger partial charge in [0.2, 0.25) is 0 Å². The van der Waals surface area contributed by atoms with Gasteiger partial charge in [0.15, 0.2) is 5.82 Å². The van der Waals surface area contributed by atoms with Gasteiger partial charge in [-0.2, -0.15) is 0 Å². The predicted octanol–water partition coefficient (Wildman–Crippen LogP) is 4.94. The van der Waals surface area contributed by atoms with Crippen molar-refractivity contribution in [2.45, 2.75) is 12.8 Å². The van der Waals surface area contributed by atoms with Crippen LogP contribution in [0.3, 0.4) is 0 Å². The Balaban J connectivity index is 2.00. The highest BCUT2D eigenvalue weighted by molar-refractivity contribution is 6.33. The van der Waals surface area contributed by atoms with Gasteiger partial charge in [0.25, 0.3) is 0 Å². The van der Waals surface area contributed by atoms with Gasteiger partial charge in [-0.25, -0.2) is 0 Å². The van der Waals surface area contributed by atoms with Gasteiger partial charge in [-0.1, -0.05) is 54.4 Å². The molecule has 0 saturated carbocycles. The summed E-state index contributed by atoms with van der Waals surface area (Å²) < 4.78 is 1.99. The molecule has 22 heavy (non-hydrogen) atoms. The van der Waals surface area contributed by atoms with Crippen LogP contribution in [-0.4, -0.2) is 14.8 Å². The van der Waals surface area contributed by atoms with Gasteiger partial charge in [-0.05, 0) is 29.8 Å². The van der Waals surface area contributed by atoms with Crippen molar-refractivity contribution in [2.75, 3.05) is 0 Å². The molecular weight excluding hydrogens is 317 g/mol. The Kier molecular flexibility index (Phi) is 4.19. The highest BCUT2D eigenvalue weighted by Crippen LogP contribution is 2.29. The number of benzene rings is 2. The maximum atomic E-state index is 6.26. The minimum atomic E-state index is 0.117. The van der Waals surface area contributed by atoms with Crippen molar-refractivity contribution in [2.24, 2.45) is 7.05 Å². The fourth-order valence-electron chi connectivity index (χ4n) is 2.50. The molecule has 5 heteroatoms. The van der Waals surface area contributed by atoms with Crippen LogP contribution < -0.4 is 0 Å². The largest absolute Gasteiger partial charge is 0.314 e. The van der Waals surface area contributed by atoms with Crippen LogP contribution in [0.2, 0.25) is 10.0 Å². The molecule has 3 nitrogen and oxygen atoms in total. The second-order valence-electron chi connectivity index (χ2n) is 5.19. The fourth-order valence-corrected chi connectivity index (χ4v) is 2.84. The van der Waals surface area contributed by atoms with E-state index in [2.05, 4.69) is 17.1 Å². The minimum Gasteiger partial charge on any atom is -0.314 e. The number of aromatic nitrogens is 3. The smallest absolute Gasteiger partial charge is 0.165 e. The second kappa shape index (κ2) is 6.11. The summed E-state index contributed by atoms with van der Waals surface area (Å²) >= 11 is 12.2. The third-order valence-corrected chi connectivity index (χ3v) is 4.36. The van der Waals surface area contributed by atoms with Gasteiger partial charge in [-0.15, -0.1) is 10.2 Å². The van der Waals surface area contributed by atoms with Crippen molar-refractivity contribution in [1.29, 1.82) is 0 Å². The number of rotatable bonds is 3. The molecule has 3 aromatic rings. The van der Waals surface area contributed by atoms with Crippen LogP contribution in [0.25, 0.3) is 11.4 Å². The topological polar surface area (TPSA) is 30.7 Å². The van der Waals surface area contributed by atoms with Gasteiger partial charge in [-0.3, -0.25) is 0 Å². The monoisotopic (exact) mass is 331 g/mol. The summed E-state index contributed by atoms with van der Waals surface area (Å²) in [4.78, 5) is 0. The molecule has 0 amide bonds. The summed E-state index contributed by atoms with van der Waals surface area (Å²) in [5.41, 5.74) is 2.03. The molecule has 2 aromatic carbocycles. The van der Waals surface area contributed by atoms with Gasteiger partial charge in [0.1, 0.15) is 5.82 Å². The maximum Gasteiger partial charge on any atom is 0.165 e. The zero-order chi connectivity index (χ0) is 15.7. The summed E-state index contributed by atoms with van der Waals surface area (Å²) in [5.74, 6) is 1.77. The normalized spacial score (nSPS) is 12.4. The van der Waals surface area contributed by atoms with E-state index in [0.717, 1.165) is 27.8 Å². The molecule has 0 bridgehead atoms. The first kappa shape index (κ1) is 15.1. The Hall–Kier alpha value is -1.84. The van der Waals surface area contributed by atoms with E-state index in [0.29, 0.717) is 5.02 Å². The van der Waals surface area contributed by atoms with Crippen molar-refractivity contribution >= 4 is 23.2 Å². The van der Waals surface area contributed by atoms with E-state index >= 15 is 0 Å². The third kappa shape index (κ3) is 2.74. The van der Waals surface area contributed by atoms with Gasteiger partial charge < -0.3 is 4.57 Å². The molecular formula is C17H15Cl2N3. The highest BCUT2D eigenvalue weighted by Gasteiger charge is 2.19. The summed E-state index contributed by atoms with van der Waals surface area (Å²) in [6.07, 6.45) is 0. The van der Waals surface area contributed by atoms with Crippen LogP contribution in [0.4, 0.5) is 0 Å². The van der Waals surface area contributed by atoms with Gasteiger partial charge in [0, 0.05) is 23.6 Å². The Morgan fingerprint density at radius 2 is 1.64 bits per heavy atom. The molecule has 0 aliphatic heterocycles. The molecule has 112 valence electrons. The van der Waals surface area contributed by atoms with Crippen LogP contribution in [0.1, 0.15) is 24.2 Å². The molecule has 0 aliphatic rings. The predicted molar refractivity (Wildman–Crippen MR) is 90.4 cm³/mol. The molecule has 0 fully saturated rings. The van der Waals surface area contributed by atoms with Crippen molar-refractivity contribution in [3.05, 3.63) is 70.0 Å². The second-order valence-corrected chi connectivity index (χ2v) is 6.04. The van der Waals surface area contributed by atoms with Gasteiger partial charge in [0.05, 0.1) is 5.02 Å². The lowest BCUT2D eigenvalue weighted by molar-refractivity contribution is 0.740. The van der Waals surface area contributed by atoms with E-state index in [1.165, 1.54) is 0 Å². The van der Waals surface area contributed by atoms with Crippen molar-refractivity contribution in [1.82, 2.24) is 14.8 Å². The zero-order valence-electron chi connectivity index (χ0n) is 12.3. The summed E-state index contributed by atoms with van der Waals surface area (Å²) in [5, 5.41) is 10.1. The minimum absolute atomic E-state index is 0.117. The van der Waals surface area contributed by atoms with Crippen LogP contribution in [-0.2, 0) is 7.05 Å². The number of hydrogen-bond acceptors (Lipinski definition) is 2. The Labute approximate surface area is 139 Å². The van der Waals surface area contributed by atoms with Gasteiger partial charge >= 0.3 is 0 Å². The third-order valence-electron chi connectivity index (χ3n) is 3.78. The molecule has 0 radical (unpaired) electrons. The molecule has 0 aliphatic carbocycles. The summed E-state index contributed by atoms with van der Waals surface area (Å²) in [6.45, 7) is 2.10. The quantitative estimate of drug-likeness (QED) is 0.680. The van der Waals surface area contributed by atoms with E-state index in [1.807, 2.05) is 60.1 Å². The molecule has 0 saturated heterocycles. The first-order chi connectivity index (χ1) is 10.6. The number of hydrogen-bond donors (Lipinski definition) is 0. The molecule has 1 atom stereocenters. The Morgan fingerprint density at radius 1 is 0.955 bits per heavy atom. The molecule has 1 unspecified atom stereocenters. The Morgan fingerprint density at radius 3 is 2.32 bits per heavy atom. The lowest BCUT2D eigenvalue weighted by Crippen LogP contribution is -2.05. The van der Waals surface area contributed by atoms with Crippen LogP contribution >= 0.6 is 23.2 Å². The van der Waals surface area contributed by atoms with E-state index in [9.17, 15) is 0 Å². The SMILES string of the molecule is CC(c1ccc(Cl)cc1)c1nnc(-c2ccccc2Cl)n1C. The first-order valence-corrected chi connectivity index (χ1v) is 7.73. The average molecular weight is 332 g/mol. The summed E-state index contributed by atoms with van der Waals surface area (Å²) in [7, 11) is 1.96. The highest BCUT2D eigenvalue weighted by atomic mass is 35.5. The molecule has 1 aromatic heterocycles. The maximum absolute atomic E-state index is 6.26. The summed E-state index contributed by atoms with van der Waals surface area (Å²) in [6, 6.07) is 15.4. The van der Waals surface area contributed by atoms with Crippen molar-refractivity contribution in [3.63, 3.8) is 0 Å². The molecule has 0 spiro atoms. The van der Waals surface area contributed by atoms with Crippen molar-refractivity contribution < 1.29 is 0 Å². The zero-order valence-corrected chi connectivity index (χ0v) is 13.8. The Bertz CT molecular complexity index is 794. The van der Waals surface area contributed by atoms with Crippen molar-refractivity contribution in [3.8, 4) is 11.4 Å². The van der Waals surface area contributed by atoms with E-state index in [4.69, 9.17) is 23.2 Å². The number of nitrogens with zero attached hydrogens (tertiary/aromatic N) is 3. The standard InChI is InChI=1S/C17H15Cl2N3/c1-11(12-7-9-13(18)10-8-12)16-20-21-17(22(16)2)14-5-3-4-6-15(14)19/h3-11H,1-2H3. The fraction of sp³-hybridized carbons (Fsp3) is 0.176. The molecule has 3 rings (SSSR count). The molecule has 0 N–H and O–H groups in total. The molecule has 1 heterocycles. The van der Waals surface area contributed by atoms with Crippen LogP contribution in [0.5, 0.6) is 0 Å².